The fourth-order valence-electron chi connectivity index (χ4n) is 2.09. The summed E-state index contributed by atoms with van der Waals surface area (Å²) in [6.07, 6.45) is 1.32. The summed E-state index contributed by atoms with van der Waals surface area (Å²) < 4.78 is 42.9. The number of halogens is 2. The van der Waals surface area contributed by atoms with Gasteiger partial charge in [-0.25, -0.2) is 18.4 Å². The van der Waals surface area contributed by atoms with E-state index < -0.39 is 21.3 Å². The van der Waals surface area contributed by atoms with E-state index in [0.717, 1.165) is 4.57 Å². The van der Waals surface area contributed by atoms with Gasteiger partial charge in [0.2, 0.25) is 11.6 Å². The molecule has 0 fully saturated rings. The van der Waals surface area contributed by atoms with Gasteiger partial charge < -0.3 is 5.32 Å². The average molecular weight is 447 g/mol. The van der Waals surface area contributed by atoms with Gasteiger partial charge in [-0.15, -0.1) is 0 Å². The summed E-state index contributed by atoms with van der Waals surface area (Å²) in [5.74, 6) is -1.11. The van der Waals surface area contributed by atoms with Crippen LogP contribution in [-0.2, 0) is 9.73 Å². The maximum absolute atomic E-state index is 13.3. The minimum atomic E-state index is -2.68. The summed E-state index contributed by atoms with van der Waals surface area (Å²) in [6, 6.07) is 3.73. The van der Waals surface area contributed by atoms with Crippen LogP contribution in [-0.4, -0.2) is 42.8 Å². The summed E-state index contributed by atoms with van der Waals surface area (Å²) in [7, 11) is -2.68. The molecule has 0 aliphatic heterocycles. The largest absolute Gasteiger partial charge is 0.446 e. The van der Waals surface area contributed by atoms with Gasteiger partial charge in [0.25, 0.3) is 0 Å². The Hall–Kier alpha value is -2.54. The molecule has 1 atom stereocenters. The molecule has 10 nitrogen and oxygen atoms in total. The molecule has 1 unspecified atom stereocenters. The number of nitrogens with one attached hydrogen (secondary N) is 2. The summed E-state index contributed by atoms with van der Waals surface area (Å²) in [5, 5.41) is 13.9. The summed E-state index contributed by atoms with van der Waals surface area (Å²) in [6.45, 7) is 0.169. The third-order valence-electron chi connectivity index (χ3n) is 3.24. The number of hydrogen-bond acceptors (Lipinski definition) is 9. The molecule has 0 amide bonds. The molecule has 26 heavy (non-hydrogen) atoms. The fraction of sp³-hybridized carbons (Fsp3) is 0.231. The Balaban J connectivity index is 2.00. The monoisotopic (exact) mass is 446 g/mol. The lowest BCUT2D eigenvalue weighted by Crippen LogP contribution is -2.16. The van der Waals surface area contributed by atoms with Crippen molar-refractivity contribution in [2.75, 3.05) is 23.9 Å². The average Bonchev–Trinajstić information content (AvgIpc) is 3.13. The summed E-state index contributed by atoms with van der Waals surface area (Å²) in [5.41, 5.74) is 0.351. The normalized spacial score (nSPS) is 13.5. The minimum Gasteiger partial charge on any atom is -0.364 e. The van der Waals surface area contributed by atoms with Crippen LogP contribution in [0.1, 0.15) is 0 Å². The van der Waals surface area contributed by atoms with Gasteiger partial charge in [0.05, 0.1) is 5.69 Å². The smallest absolute Gasteiger partial charge is 0.364 e. The van der Waals surface area contributed by atoms with Gasteiger partial charge in [-0.05, 0) is 44.4 Å². The molecule has 3 aromatic rings. The highest BCUT2D eigenvalue weighted by Gasteiger charge is 2.23. The Morgan fingerprint density at radius 1 is 1.38 bits per heavy atom. The third-order valence-corrected chi connectivity index (χ3v) is 4.86. The van der Waals surface area contributed by atoms with E-state index in [9.17, 15) is 13.4 Å². The molecule has 1 aromatic carbocycles. The fourth-order valence-corrected chi connectivity index (χ4v) is 3.11. The van der Waals surface area contributed by atoms with Crippen molar-refractivity contribution in [3.8, 4) is 17.2 Å². The molecule has 0 spiro atoms. The van der Waals surface area contributed by atoms with Gasteiger partial charge in [-0.1, -0.05) is 5.16 Å². The molecule has 0 radical (unpaired) electrons. The predicted molar refractivity (Wildman–Crippen MR) is 93.2 cm³/mol. The van der Waals surface area contributed by atoms with Gasteiger partial charge >= 0.3 is 5.76 Å². The van der Waals surface area contributed by atoms with Crippen LogP contribution < -0.4 is 11.1 Å². The molecule has 0 saturated carbocycles. The first-order chi connectivity index (χ1) is 12.3. The van der Waals surface area contributed by atoms with Gasteiger partial charge in [0.15, 0.2) is 5.69 Å². The molecule has 0 aliphatic rings. The van der Waals surface area contributed by atoms with Crippen molar-refractivity contribution >= 4 is 31.5 Å². The maximum atomic E-state index is 13.3. The second-order valence-corrected chi connectivity index (χ2v) is 8.57. The molecule has 3 rings (SSSR count). The highest BCUT2D eigenvalue weighted by atomic mass is 79.9. The quantitative estimate of drug-likeness (QED) is 0.584. The Bertz CT molecular complexity index is 1110. The predicted octanol–water partition coefficient (Wildman–Crippen LogP) is 1.87. The van der Waals surface area contributed by atoms with E-state index in [1.54, 1.807) is 0 Å². The lowest BCUT2D eigenvalue weighted by molar-refractivity contribution is 0.309. The van der Waals surface area contributed by atoms with Crippen molar-refractivity contribution < 1.29 is 17.8 Å². The number of benzene rings is 1. The van der Waals surface area contributed by atoms with Gasteiger partial charge in [-0.2, -0.15) is 0 Å². The van der Waals surface area contributed by atoms with Crippen molar-refractivity contribution in [3.63, 3.8) is 0 Å². The van der Waals surface area contributed by atoms with Gasteiger partial charge in [-0.3, -0.25) is 13.5 Å². The van der Waals surface area contributed by atoms with Crippen LogP contribution in [0.25, 0.3) is 17.2 Å². The molecule has 138 valence electrons. The first kappa shape index (κ1) is 18.3. The molecular weight excluding hydrogens is 435 g/mol. The van der Waals surface area contributed by atoms with E-state index in [-0.39, 0.29) is 35.3 Å². The van der Waals surface area contributed by atoms with Crippen LogP contribution in [0, 0.1) is 10.6 Å². The number of rotatable bonds is 6. The number of anilines is 1. The van der Waals surface area contributed by atoms with Gasteiger partial charge in [0.1, 0.15) is 5.82 Å². The zero-order chi connectivity index (χ0) is 18.9. The Kier molecular flexibility index (Phi) is 4.91. The lowest BCUT2D eigenvalue weighted by atomic mass is 10.3. The van der Waals surface area contributed by atoms with Crippen molar-refractivity contribution in [2.24, 2.45) is 0 Å². The maximum Gasteiger partial charge on any atom is 0.446 e. The third kappa shape index (κ3) is 3.83. The van der Waals surface area contributed by atoms with Crippen LogP contribution >= 0.6 is 15.9 Å². The minimum absolute atomic E-state index is 0.0193. The van der Waals surface area contributed by atoms with Crippen molar-refractivity contribution in [2.45, 2.75) is 0 Å². The molecular formula is C13H12BrFN6O4S. The first-order valence-electron chi connectivity index (χ1n) is 7.08. The molecule has 2 aromatic heterocycles. The second kappa shape index (κ2) is 6.99. The topological polar surface area (TPSA) is 140 Å². The van der Waals surface area contributed by atoms with Crippen molar-refractivity contribution in [3.05, 3.63) is 39.0 Å². The Morgan fingerprint density at radius 3 is 2.85 bits per heavy atom. The van der Waals surface area contributed by atoms with E-state index in [0.29, 0.717) is 4.47 Å². The number of hydrogen-bond donors (Lipinski definition) is 2. The summed E-state index contributed by atoms with van der Waals surface area (Å²) >= 11 is 3.19. The Morgan fingerprint density at radius 2 is 2.15 bits per heavy atom. The van der Waals surface area contributed by atoms with Crippen LogP contribution in [0.5, 0.6) is 0 Å². The molecule has 2 heterocycles. The van der Waals surface area contributed by atoms with Crippen LogP contribution in [0.2, 0.25) is 0 Å². The van der Waals surface area contributed by atoms with Gasteiger partial charge in [0, 0.05) is 32.8 Å². The summed E-state index contributed by atoms with van der Waals surface area (Å²) in [4.78, 5) is 12.1. The zero-order valence-corrected chi connectivity index (χ0v) is 15.6. The van der Waals surface area contributed by atoms with Crippen molar-refractivity contribution in [1.29, 1.82) is 4.78 Å². The van der Waals surface area contributed by atoms with E-state index >= 15 is 0 Å². The molecule has 0 saturated heterocycles. The van der Waals surface area contributed by atoms with Crippen molar-refractivity contribution in [1.82, 2.24) is 20.0 Å². The number of nitrogens with zero attached hydrogens (tertiary/aromatic N) is 4. The second-order valence-electron chi connectivity index (χ2n) is 5.30. The molecule has 2 N–H and O–H groups in total. The lowest BCUT2D eigenvalue weighted by Gasteiger charge is -2.07. The SMILES string of the molecule is CS(=N)(=O)CCNc1nonc1-c1noc(=O)n1-c1ccc(F)cc1Br. The highest BCUT2D eigenvalue weighted by molar-refractivity contribution is 9.10. The molecule has 0 bridgehead atoms. The highest BCUT2D eigenvalue weighted by Crippen LogP contribution is 2.27. The van der Waals surface area contributed by atoms with E-state index in [4.69, 9.17) is 9.30 Å². The zero-order valence-electron chi connectivity index (χ0n) is 13.2. The van der Waals surface area contributed by atoms with E-state index in [2.05, 4.69) is 41.3 Å². The van der Waals surface area contributed by atoms with Crippen LogP contribution in [0.3, 0.4) is 0 Å². The van der Waals surface area contributed by atoms with Crippen LogP contribution in [0.4, 0.5) is 10.2 Å². The first-order valence-corrected chi connectivity index (χ1v) is 10.0. The molecule has 0 aliphatic carbocycles. The van der Waals surface area contributed by atoms with Crippen LogP contribution in [0.15, 0.2) is 36.6 Å². The standard InChI is InChI=1S/C13H12BrFN6O4S/c1-26(16,23)5-4-17-11-10(18-25-19-11)12-20-24-13(22)21(12)9-3-2-7(15)6-8(9)14/h2-3,6,16H,4-5H2,1H3,(H,17,19). The number of aromatic nitrogens is 4. The Labute approximate surface area is 154 Å². The van der Waals surface area contributed by atoms with E-state index in [1.165, 1.54) is 24.5 Å². The van der Waals surface area contributed by atoms with E-state index in [1.807, 2.05) is 0 Å². The molecule has 13 heteroatoms.